The van der Waals surface area contributed by atoms with Gasteiger partial charge in [-0.2, -0.15) is 0 Å². The van der Waals surface area contributed by atoms with Gasteiger partial charge in [0.2, 0.25) is 0 Å². The highest BCUT2D eigenvalue weighted by atomic mass is 16.3. The summed E-state index contributed by atoms with van der Waals surface area (Å²) < 4.78 is 0. The molecule has 0 aliphatic heterocycles. The van der Waals surface area contributed by atoms with Crippen LogP contribution in [0.3, 0.4) is 0 Å². The number of phenols is 1. The Morgan fingerprint density at radius 1 is 0.571 bits per heavy atom. The highest BCUT2D eigenvalue weighted by Gasteiger charge is 2.21. The van der Waals surface area contributed by atoms with Gasteiger partial charge in [-0.15, -0.1) is 0 Å². The molecule has 0 saturated heterocycles. The average Bonchev–Trinajstić information content (AvgIpc) is 3.03. The van der Waals surface area contributed by atoms with Crippen molar-refractivity contribution in [1.82, 2.24) is 0 Å². The molecule has 256 valence electrons. The van der Waals surface area contributed by atoms with Crippen molar-refractivity contribution in [2.45, 2.75) is 92.9 Å². The minimum absolute atomic E-state index is 0.0864. The van der Waals surface area contributed by atoms with Crippen molar-refractivity contribution in [3.63, 3.8) is 0 Å². The molecular formula is C46H56N2O. The van der Waals surface area contributed by atoms with E-state index in [0.29, 0.717) is 17.1 Å². The van der Waals surface area contributed by atoms with Crippen LogP contribution in [0, 0.1) is 18.3 Å². The lowest BCUT2D eigenvalue weighted by molar-refractivity contribution is 0.306. The zero-order valence-electron chi connectivity index (χ0n) is 31.0. The van der Waals surface area contributed by atoms with Crippen LogP contribution in [0.15, 0.2) is 109 Å². The lowest BCUT2D eigenvalue weighted by Gasteiger charge is -2.23. The van der Waals surface area contributed by atoms with E-state index in [1.165, 1.54) is 34.2 Å². The lowest BCUT2D eigenvalue weighted by atomic mass is 9.83. The van der Waals surface area contributed by atoms with Crippen LogP contribution in [0.2, 0.25) is 0 Å². The van der Waals surface area contributed by atoms with Gasteiger partial charge >= 0.3 is 0 Å². The molecule has 0 aliphatic rings. The van der Waals surface area contributed by atoms with Crippen LogP contribution >= 0.6 is 0 Å². The van der Waals surface area contributed by atoms with E-state index in [0.717, 1.165) is 59.6 Å². The summed E-state index contributed by atoms with van der Waals surface area (Å²) in [5.74, 6) is 1.14. The highest BCUT2D eigenvalue weighted by Crippen LogP contribution is 2.35. The van der Waals surface area contributed by atoms with Crippen molar-refractivity contribution >= 4 is 22.7 Å². The molecule has 3 heteroatoms. The molecule has 0 fully saturated rings. The van der Waals surface area contributed by atoms with Crippen LogP contribution in [-0.2, 0) is 31.1 Å². The van der Waals surface area contributed by atoms with Crippen molar-refractivity contribution < 1.29 is 5.11 Å². The molecule has 0 aliphatic carbocycles. The molecule has 0 spiro atoms. The van der Waals surface area contributed by atoms with Crippen LogP contribution < -0.4 is 10.6 Å². The average molecular weight is 653 g/mol. The number of hydrogen-bond acceptors (Lipinski definition) is 3. The summed E-state index contributed by atoms with van der Waals surface area (Å²) in [7, 11) is 0. The third-order valence-corrected chi connectivity index (χ3v) is 9.17. The van der Waals surface area contributed by atoms with Gasteiger partial charge in [-0.25, -0.2) is 0 Å². The van der Waals surface area contributed by atoms with E-state index in [-0.39, 0.29) is 5.41 Å². The van der Waals surface area contributed by atoms with E-state index >= 15 is 0 Å². The van der Waals surface area contributed by atoms with Gasteiger partial charge in [-0.1, -0.05) is 115 Å². The fraction of sp³-hybridized carbons (Fsp3) is 0.348. The number of phenolic OH excluding ortho intramolecular Hbond substituents is 1. The van der Waals surface area contributed by atoms with Gasteiger partial charge in [0.25, 0.3) is 0 Å². The molecule has 1 unspecified atom stereocenters. The number of nitrogens with one attached hydrogen (secondary N) is 2. The second-order valence-corrected chi connectivity index (χ2v) is 16.4. The first-order valence-electron chi connectivity index (χ1n) is 17.9. The summed E-state index contributed by atoms with van der Waals surface area (Å²) in [4.78, 5) is 0. The van der Waals surface area contributed by atoms with E-state index in [1.807, 2.05) is 0 Å². The van der Waals surface area contributed by atoms with Gasteiger partial charge in [-0.05, 0) is 138 Å². The highest BCUT2D eigenvalue weighted by molar-refractivity contribution is 5.66. The normalized spacial score (nSPS) is 12.5. The maximum Gasteiger partial charge on any atom is 0.122 e. The smallest absolute Gasteiger partial charge is 0.122 e. The number of aromatic hydroxyl groups is 1. The Kier molecular flexibility index (Phi) is 11.2. The molecule has 5 aromatic carbocycles. The van der Waals surface area contributed by atoms with E-state index in [1.54, 1.807) is 0 Å². The zero-order chi connectivity index (χ0) is 35.2. The fourth-order valence-corrected chi connectivity index (χ4v) is 6.87. The van der Waals surface area contributed by atoms with Crippen LogP contribution in [-0.4, -0.2) is 5.11 Å². The first kappa shape index (κ1) is 35.8. The maximum absolute atomic E-state index is 10.9. The summed E-state index contributed by atoms with van der Waals surface area (Å²) >= 11 is 0. The minimum atomic E-state index is -0.0864. The van der Waals surface area contributed by atoms with E-state index in [4.69, 9.17) is 0 Å². The molecule has 5 rings (SSSR count). The molecule has 0 heterocycles. The molecular weight excluding hydrogens is 597 g/mol. The molecule has 0 bridgehead atoms. The zero-order valence-corrected chi connectivity index (χ0v) is 31.0. The Bertz CT molecular complexity index is 1790. The molecule has 1 atom stereocenters. The predicted molar refractivity (Wildman–Crippen MR) is 211 cm³/mol. The number of hydrogen-bond donors (Lipinski definition) is 3. The Balaban J connectivity index is 1.09. The van der Waals surface area contributed by atoms with Gasteiger partial charge in [0.1, 0.15) is 5.75 Å². The maximum atomic E-state index is 10.9. The quantitative estimate of drug-likeness (QED) is 0.126. The molecule has 5 aromatic rings. The molecule has 0 aromatic heterocycles. The molecule has 0 amide bonds. The van der Waals surface area contributed by atoms with Crippen LogP contribution in [0.1, 0.15) is 93.8 Å². The van der Waals surface area contributed by atoms with Gasteiger partial charge in [0.15, 0.2) is 0 Å². The van der Waals surface area contributed by atoms with Crippen LogP contribution in [0.4, 0.5) is 22.7 Å². The lowest BCUT2D eigenvalue weighted by Crippen LogP contribution is -2.12. The first-order chi connectivity index (χ1) is 23.2. The predicted octanol–water partition coefficient (Wildman–Crippen LogP) is 12.5. The Hall–Kier alpha value is -4.50. The van der Waals surface area contributed by atoms with Gasteiger partial charge in [0.05, 0.1) is 0 Å². The van der Waals surface area contributed by atoms with Gasteiger partial charge < -0.3 is 15.7 Å². The number of anilines is 4. The monoisotopic (exact) mass is 652 g/mol. The fourth-order valence-electron chi connectivity index (χ4n) is 6.87. The third-order valence-electron chi connectivity index (χ3n) is 9.17. The van der Waals surface area contributed by atoms with Crippen molar-refractivity contribution in [3.8, 4) is 5.75 Å². The van der Waals surface area contributed by atoms with Crippen molar-refractivity contribution in [1.29, 1.82) is 0 Å². The number of rotatable bonds is 12. The summed E-state index contributed by atoms with van der Waals surface area (Å²) in [5.41, 5.74) is 13.1. The summed E-state index contributed by atoms with van der Waals surface area (Å²) in [6.45, 7) is 17.9. The Labute approximate surface area is 295 Å². The molecule has 3 nitrogen and oxygen atoms in total. The number of aryl methyl sites for hydroxylation is 3. The van der Waals surface area contributed by atoms with Gasteiger partial charge in [0, 0.05) is 22.7 Å². The Morgan fingerprint density at radius 2 is 1.00 bits per heavy atom. The summed E-state index contributed by atoms with van der Waals surface area (Å²) in [6, 6.07) is 39.2. The van der Waals surface area contributed by atoms with E-state index in [9.17, 15) is 5.11 Å². The van der Waals surface area contributed by atoms with Crippen LogP contribution in [0.25, 0.3) is 0 Å². The van der Waals surface area contributed by atoms with Crippen molar-refractivity contribution in [3.05, 3.63) is 148 Å². The number of benzene rings is 5. The summed E-state index contributed by atoms with van der Waals surface area (Å²) in [5, 5.41) is 18.0. The second kappa shape index (κ2) is 15.4. The molecule has 0 radical (unpaired) electrons. The third kappa shape index (κ3) is 10.7. The minimum Gasteiger partial charge on any atom is -0.507 e. The largest absolute Gasteiger partial charge is 0.507 e. The molecule has 49 heavy (non-hydrogen) atoms. The summed E-state index contributed by atoms with van der Waals surface area (Å²) in [6.07, 6.45) is 5.02. The Morgan fingerprint density at radius 3 is 1.47 bits per heavy atom. The van der Waals surface area contributed by atoms with E-state index < -0.39 is 0 Å². The molecule has 0 saturated carbocycles. The van der Waals surface area contributed by atoms with E-state index in [2.05, 4.69) is 175 Å². The topological polar surface area (TPSA) is 44.3 Å². The van der Waals surface area contributed by atoms with Crippen LogP contribution in [0.5, 0.6) is 5.75 Å². The molecule has 3 N–H and O–H groups in total. The van der Waals surface area contributed by atoms with Crippen molar-refractivity contribution in [2.24, 2.45) is 11.3 Å². The van der Waals surface area contributed by atoms with Gasteiger partial charge in [-0.3, -0.25) is 0 Å². The standard InChI is InChI=1S/C46H56N2O/c1-32-28-38(44(49)43(29-32)46(6,7)8)18-13-34-14-19-39(20-15-34)47-41-23-25-42(26-24-41)48-40-21-16-37(17-22-40)30-36-11-9-35(10-12-36)27-33(2)31-45(3,4)5/h9-12,14-17,19-26,28-29,33,47-49H,13,18,27,30-31H2,1-8H3. The SMILES string of the molecule is Cc1cc(CCc2ccc(Nc3ccc(Nc4ccc(Cc5ccc(CC(C)CC(C)(C)C)cc5)cc4)cc3)cc2)c(O)c(C(C)(C)C)c1. The van der Waals surface area contributed by atoms with Crippen molar-refractivity contribution in [2.75, 3.05) is 10.6 Å². The second-order valence-electron chi connectivity index (χ2n) is 16.4. The first-order valence-corrected chi connectivity index (χ1v) is 17.9.